The summed E-state index contributed by atoms with van der Waals surface area (Å²) in [5, 5.41) is 0.417. The van der Waals surface area contributed by atoms with Crippen molar-refractivity contribution in [1.82, 2.24) is 4.98 Å². The van der Waals surface area contributed by atoms with Gasteiger partial charge in [0.2, 0.25) is 5.89 Å². The molecular formula is C26H20ClNO3S. The molecule has 0 saturated carbocycles. The van der Waals surface area contributed by atoms with Crippen molar-refractivity contribution < 1.29 is 14.0 Å². The quantitative estimate of drug-likeness (QED) is 0.240. The van der Waals surface area contributed by atoms with Gasteiger partial charge >= 0.3 is 0 Å². The summed E-state index contributed by atoms with van der Waals surface area (Å²) in [5.74, 6) is -0.0174. The van der Waals surface area contributed by atoms with E-state index in [1.54, 1.807) is 6.08 Å². The zero-order chi connectivity index (χ0) is 22.6. The largest absolute Gasteiger partial charge is 0.435 e. The maximum Gasteiger partial charge on any atom is 0.228 e. The van der Waals surface area contributed by atoms with Gasteiger partial charge in [0.1, 0.15) is 0 Å². The molecule has 0 unspecified atom stereocenters. The average molecular weight is 462 g/mol. The van der Waals surface area contributed by atoms with Crippen LogP contribution in [0.15, 0.2) is 46.4 Å². The standard InChI is InChI=1S/C26H20ClNO3S/c1-4-16-13(3)20-21(22(27)17(16)5-2)24(30)18(23(20)29)11-15-12-19-26(32-15)28-25(31-19)14-9-7-6-8-10-14/h6-12H,4-5H2,1-3H3/b18-11+. The smallest absolute Gasteiger partial charge is 0.228 e. The zero-order valence-corrected chi connectivity index (χ0v) is 19.5. The van der Waals surface area contributed by atoms with Crippen molar-refractivity contribution in [3.63, 3.8) is 0 Å². The van der Waals surface area contributed by atoms with Gasteiger partial charge in [-0.25, -0.2) is 0 Å². The van der Waals surface area contributed by atoms with E-state index in [1.807, 2.05) is 57.2 Å². The first-order chi connectivity index (χ1) is 15.4. The summed E-state index contributed by atoms with van der Waals surface area (Å²) in [6.45, 7) is 5.97. The number of rotatable bonds is 4. The van der Waals surface area contributed by atoms with Crippen LogP contribution in [0.5, 0.6) is 0 Å². The number of benzene rings is 2. The number of nitrogens with zero attached hydrogens (tertiary/aromatic N) is 1. The first-order valence-electron chi connectivity index (χ1n) is 10.5. The molecule has 1 aliphatic carbocycles. The molecule has 160 valence electrons. The number of hydrogen-bond donors (Lipinski definition) is 0. The third kappa shape index (κ3) is 3.07. The molecule has 0 amide bonds. The van der Waals surface area contributed by atoms with E-state index in [-0.39, 0.29) is 17.1 Å². The van der Waals surface area contributed by atoms with E-state index in [0.717, 1.165) is 38.4 Å². The van der Waals surface area contributed by atoms with Gasteiger partial charge in [0.15, 0.2) is 22.0 Å². The van der Waals surface area contributed by atoms with Gasteiger partial charge in [-0.05, 0) is 54.7 Å². The van der Waals surface area contributed by atoms with Gasteiger partial charge in [0, 0.05) is 22.1 Å². The first-order valence-corrected chi connectivity index (χ1v) is 11.7. The summed E-state index contributed by atoms with van der Waals surface area (Å²) >= 11 is 8.03. The highest BCUT2D eigenvalue weighted by molar-refractivity contribution is 7.19. The summed E-state index contributed by atoms with van der Waals surface area (Å²) in [6, 6.07) is 11.5. The summed E-state index contributed by atoms with van der Waals surface area (Å²) in [6.07, 6.45) is 3.12. The van der Waals surface area contributed by atoms with E-state index in [9.17, 15) is 9.59 Å². The minimum Gasteiger partial charge on any atom is -0.435 e. The molecule has 0 spiro atoms. The number of thiophene rings is 1. The number of oxazole rings is 1. The van der Waals surface area contributed by atoms with Crippen LogP contribution >= 0.6 is 22.9 Å². The predicted molar refractivity (Wildman–Crippen MR) is 129 cm³/mol. The molecule has 2 heterocycles. The third-order valence-corrected chi connectivity index (χ3v) is 7.37. The van der Waals surface area contributed by atoms with Crippen LogP contribution < -0.4 is 0 Å². The monoisotopic (exact) mass is 461 g/mol. The second-order valence-electron chi connectivity index (χ2n) is 7.77. The van der Waals surface area contributed by atoms with Gasteiger partial charge in [-0.15, -0.1) is 11.3 Å². The van der Waals surface area contributed by atoms with Crippen LogP contribution in [0, 0.1) is 6.92 Å². The van der Waals surface area contributed by atoms with E-state index in [2.05, 4.69) is 4.98 Å². The Kier molecular flexibility index (Phi) is 5.11. The molecule has 6 heteroatoms. The van der Waals surface area contributed by atoms with Crippen LogP contribution in [0.1, 0.15) is 56.1 Å². The topological polar surface area (TPSA) is 60.2 Å². The van der Waals surface area contributed by atoms with Gasteiger partial charge in [-0.1, -0.05) is 43.6 Å². The van der Waals surface area contributed by atoms with Crippen molar-refractivity contribution in [2.24, 2.45) is 0 Å². The maximum absolute atomic E-state index is 13.3. The summed E-state index contributed by atoms with van der Waals surface area (Å²) in [5.41, 5.74) is 5.35. The van der Waals surface area contributed by atoms with Crippen molar-refractivity contribution in [2.75, 3.05) is 0 Å². The Balaban J connectivity index is 1.57. The molecule has 1 aliphatic rings. The Labute approximate surface area is 194 Å². The molecule has 0 fully saturated rings. The fourth-order valence-electron chi connectivity index (χ4n) is 4.48. The van der Waals surface area contributed by atoms with E-state index in [4.69, 9.17) is 16.0 Å². The van der Waals surface area contributed by atoms with Gasteiger partial charge < -0.3 is 4.42 Å². The number of carbonyl (C=O) groups is 2. The molecule has 0 atom stereocenters. The van der Waals surface area contributed by atoms with Crippen molar-refractivity contribution >= 4 is 51.0 Å². The molecule has 4 aromatic rings. The average Bonchev–Trinajstić information content (AvgIpc) is 3.43. The van der Waals surface area contributed by atoms with Crippen molar-refractivity contribution in [3.8, 4) is 11.5 Å². The lowest BCUT2D eigenvalue weighted by molar-refractivity contribution is 0.0990. The van der Waals surface area contributed by atoms with Gasteiger partial charge in [-0.3, -0.25) is 9.59 Å². The Bertz CT molecular complexity index is 1360. The Morgan fingerprint density at radius 3 is 2.38 bits per heavy atom. The van der Waals surface area contributed by atoms with Crippen LogP contribution in [0.3, 0.4) is 0 Å². The molecule has 0 aliphatic heterocycles. The molecule has 5 rings (SSSR count). The maximum atomic E-state index is 13.3. The highest BCUT2D eigenvalue weighted by atomic mass is 35.5. The Morgan fingerprint density at radius 1 is 1.03 bits per heavy atom. The van der Waals surface area contributed by atoms with Gasteiger partial charge in [-0.2, -0.15) is 4.98 Å². The van der Waals surface area contributed by atoms with Crippen molar-refractivity contribution in [2.45, 2.75) is 33.6 Å². The van der Waals surface area contributed by atoms with Crippen molar-refractivity contribution in [1.29, 1.82) is 0 Å². The van der Waals surface area contributed by atoms with E-state index in [0.29, 0.717) is 34.0 Å². The Hall–Kier alpha value is -3.02. The number of Topliss-reactive ketones (excluding diaryl/α,β-unsaturated/α-hetero) is 2. The molecule has 0 saturated heterocycles. The highest BCUT2D eigenvalue weighted by Crippen LogP contribution is 2.41. The second-order valence-corrected chi connectivity index (χ2v) is 9.21. The minimum absolute atomic E-state index is 0.146. The van der Waals surface area contributed by atoms with Crippen LogP contribution in [0.4, 0.5) is 0 Å². The molecule has 4 nitrogen and oxygen atoms in total. The first kappa shape index (κ1) is 20.9. The summed E-state index contributed by atoms with van der Waals surface area (Å²) in [7, 11) is 0. The van der Waals surface area contributed by atoms with Crippen LogP contribution in [-0.4, -0.2) is 16.6 Å². The molecule has 2 aromatic heterocycles. The van der Waals surface area contributed by atoms with Crippen LogP contribution in [0.25, 0.3) is 27.9 Å². The number of allylic oxidation sites excluding steroid dienone is 1. The highest BCUT2D eigenvalue weighted by Gasteiger charge is 2.38. The van der Waals surface area contributed by atoms with E-state index >= 15 is 0 Å². The lowest BCUT2D eigenvalue weighted by Crippen LogP contribution is -2.06. The van der Waals surface area contributed by atoms with E-state index < -0.39 is 0 Å². The second kappa shape index (κ2) is 7.84. The molecule has 2 aromatic carbocycles. The SMILES string of the molecule is CCc1c(C)c2c(c(Cl)c1CC)C(=O)/C(=C/c1cc3oc(-c4ccccc4)nc3s1)C2=O. The number of halogens is 1. The molecule has 0 N–H and O–H groups in total. The lowest BCUT2D eigenvalue weighted by atomic mass is 9.90. The van der Waals surface area contributed by atoms with Crippen LogP contribution in [-0.2, 0) is 12.8 Å². The number of ketones is 2. The Morgan fingerprint density at radius 2 is 1.72 bits per heavy atom. The number of hydrogen-bond acceptors (Lipinski definition) is 5. The summed E-state index contributed by atoms with van der Waals surface area (Å²) < 4.78 is 5.89. The van der Waals surface area contributed by atoms with Crippen LogP contribution in [0.2, 0.25) is 5.02 Å². The minimum atomic E-state index is -0.307. The zero-order valence-electron chi connectivity index (χ0n) is 17.9. The molecule has 0 radical (unpaired) electrons. The summed E-state index contributed by atoms with van der Waals surface area (Å²) in [4.78, 5) is 32.5. The fourth-order valence-corrected chi connectivity index (χ4v) is 5.80. The number of carbonyl (C=O) groups excluding carboxylic acids is 2. The molecule has 0 bridgehead atoms. The van der Waals surface area contributed by atoms with E-state index in [1.165, 1.54) is 11.3 Å². The molecular weight excluding hydrogens is 442 g/mol. The third-order valence-electron chi connectivity index (χ3n) is 5.99. The number of aromatic nitrogens is 1. The predicted octanol–water partition coefficient (Wildman–Crippen LogP) is 7.11. The fraction of sp³-hybridized carbons (Fsp3) is 0.192. The van der Waals surface area contributed by atoms with Gasteiger partial charge in [0.05, 0.1) is 16.2 Å². The normalized spacial score (nSPS) is 14.7. The van der Waals surface area contributed by atoms with Gasteiger partial charge in [0.25, 0.3) is 0 Å². The van der Waals surface area contributed by atoms with Crippen molar-refractivity contribution in [3.05, 3.63) is 79.7 Å². The molecule has 32 heavy (non-hydrogen) atoms. The number of fused-ring (bicyclic) bond motifs is 2. The lowest BCUT2D eigenvalue weighted by Gasteiger charge is -2.15.